The predicted octanol–water partition coefficient (Wildman–Crippen LogP) is 3.81. The lowest BCUT2D eigenvalue weighted by Crippen LogP contribution is -2.49. The molecule has 3 heterocycles. The summed E-state index contributed by atoms with van der Waals surface area (Å²) in [6.07, 6.45) is 4.80. The van der Waals surface area contributed by atoms with Gasteiger partial charge >= 0.3 is 0 Å². The largest absolute Gasteiger partial charge is 0.474 e. The minimum atomic E-state index is -3.56. The summed E-state index contributed by atoms with van der Waals surface area (Å²) in [7, 11) is -3.56. The zero-order chi connectivity index (χ0) is 18.3. The van der Waals surface area contributed by atoms with Crippen molar-refractivity contribution in [2.45, 2.75) is 55.7 Å². The maximum atomic E-state index is 13.2. The normalized spacial score (nSPS) is 26.0. The van der Waals surface area contributed by atoms with Crippen molar-refractivity contribution in [3.05, 3.63) is 53.2 Å². The van der Waals surface area contributed by atoms with E-state index in [1.807, 2.05) is 25.1 Å². The molecule has 1 aromatic carbocycles. The fourth-order valence-electron chi connectivity index (χ4n) is 4.02. The molecule has 2 aliphatic rings. The van der Waals surface area contributed by atoms with Crippen LogP contribution in [0.5, 0.6) is 5.88 Å². The maximum Gasteiger partial charge on any atom is 0.243 e. The molecule has 7 heteroatoms. The lowest BCUT2D eigenvalue weighted by Gasteiger charge is -2.37. The predicted molar refractivity (Wildman–Crippen MR) is 99.9 cm³/mol. The smallest absolute Gasteiger partial charge is 0.243 e. The number of pyridine rings is 1. The van der Waals surface area contributed by atoms with Crippen molar-refractivity contribution >= 4 is 21.6 Å². The van der Waals surface area contributed by atoms with E-state index in [9.17, 15) is 8.42 Å². The van der Waals surface area contributed by atoms with Gasteiger partial charge in [0.25, 0.3) is 0 Å². The number of hydrogen-bond donors (Lipinski definition) is 0. The second-order valence-corrected chi connectivity index (χ2v) is 9.26. The van der Waals surface area contributed by atoms with Crippen LogP contribution >= 0.6 is 11.6 Å². The van der Waals surface area contributed by atoms with Crippen LogP contribution in [0.25, 0.3) is 0 Å². The number of sulfonamides is 1. The first-order valence-corrected chi connectivity index (χ1v) is 10.6. The van der Waals surface area contributed by atoms with Gasteiger partial charge in [-0.15, -0.1) is 0 Å². The molecule has 2 bridgehead atoms. The monoisotopic (exact) mass is 392 g/mol. The van der Waals surface area contributed by atoms with Crippen molar-refractivity contribution < 1.29 is 13.2 Å². The SMILES string of the molecule is Cc1ccc(S(=O)(=O)N2C3CCC2CC(Oc2ccccn2)C3)cc1Cl. The van der Waals surface area contributed by atoms with Gasteiger partial charge in [0.15, 0.2) is 0 Å². The Hall–Kier alpha value is -1.63. The number of halogens is 1. The Labute approximate surface area is 159 Å². The fraction of sp³-hybridized carbons (Fsp3) is 0.421. The lowest BCUT2D eigenvalue weighted by atomic mass is 10.0. The van der Waals surface area contributed by atoms with Crippen LogP contribution < -0.4 is 4.74 Å². The van der Waals surface area contributed by atoms with Crippen LogP contribution in [0.1, 0.15) is 31.2 Å². The highest BCUT2D eigenvalue weighted by molar-refractivity contribution is 7.89. The van der Waals surface area contributed by atoms with Gasteiger partial charge in [0, 0.05) is 42.2 Å². The van der Waals surface area contributed by atoms with Gasteiger partial charge in [-0.3, -0.25) is 0 Å². The molecule has 2 fully saturated rings. The number of hydrogen-bond acceptors (Lipinski definition) is 4. The number of piperidine rings is 1. The Morgan fingerprint density at radius 1 is 1.15 bits per heavy atom. The van der Waals surface area contributed by atoms with Crippen LogP contribution in [0.3, 0.4) is 0 Å². The molecule has 1 aromatic heterocycles. The van der Waals surface area contributed by atoms with Crippen LogP contribution in [-0.4, -0.2) is 35.9 Å². The first kappa shape index (κ1) is 17.8. The molecule has 2 aliphatic heterocycles. The minimum Gasteiger partial charge on any atom is -0.474 e. The van der Waals surface area contributed by atoms with Crippen LogP contribution in [-0.2, 0) is 10.0 Å². The number of nitrogens with zero attached hydrogens (tertiary/aromatic N) is 2. The zero-order valence-electron chi connectivity index (χ0n) is 14.5. The molecular formula is C19H21ClN2O3S. The maximum absolute atomic E-state index is 13.2. The first-order valence-electron chi connectivity index (χ1n) is 8.82. The molecule has 0 saturated carbocycles. The third-order valence-electron chi connectivity index (χ3n) is 5.27. The molecule has 2 aromatic rings. The highest BCUT2D eigenvalue weighted by Gasteiger charge is 2.48. The van der Waals surface area contributed by atoms with Crippen LogP contribution in [0.15, 0.2) is 47.5 Å². The van der Waals surface area contributed by atoms with E-state index in [4.69, 9.17) is 16.3 Å². The molecule has 2 unspecified atom stereocenters. The number of rotatable bonds is 4. The van der Waals surface area contributed by atoms with Gasteiger partial charge in [-0.2, -0.15) is 4.31 Å². The van der Waals surface area contributed by atoms with E-state index in [-0.39, 0.29) is 23.1 Å². The molecule has 0 spiro atoms. The first-order chi connectivity index (χ1) is 12.4. The summed E-state index contributed by atoms with van der Waals surface area (Å²) in [4.78, 5) is 4.48. The number of benzene rings is 1. The summed E-state index contributed by atoms with van der Waals surface area (Å²) in [5.41, 5.74) is 0.871. The molecule has 4 rings (SSSR count). The molecule has 0 aliphatic carbocycles. The van der Waals surface area contributed by atoms with Gasteiger partial charge in [-0.25, -0.2) is 13.4 Å². The molecule has 138 valence electrons. The van der Waals surface area contributed by atoms with Crippen molar-refractivity contribution in [3.8, 4) is 5.88 Å². The molecule has 26 heavy (non-hydrogen) atoms. The Bertz CT molecular complexity index is 890. The lowest BCUT2D eigenvalue weighted by molar-refractivity contribution is 0.0918. The second kappa shape index (κ2) is 6.83. The molecule has 2 saturated heterocycles. The summed E-state index contributed by atoms with van der Waals surface area (Å²) < 4.78 is 34.1. The number of aromatic nitrogens is 1. The Morgan fingerprint density at radius 3 is 2.50 bits per heavy atom. The van der Waals surface area contributed by atoms with Gasteiger partial charge in [-0.1, -0.05) is 23.7 Å². The van der Waals surface area contributed by atoms with Crippen LogP contribution in [0, 0.1) is 6.92 Å². The van der Waals surface area contributed by atoms with Crippen LogP contribution in [0.4, 0.5) is 0 Å². The third kappa shape index (κ3) is 3.21. The summed E-state index contributed by atoms with van der Waals surface area (Å²) in [6.45, 7) is 1.86. The summed E-state index contributed by atoms with van der Waals surface area (Å²) in [6, 6.07) is 10.5. The van der Waals surface area contributed by atoms with Gasteiger partial charge in [0.1, 0.15) is 6.10 Å². The highest BCUT2D eigenvalue weighted by atomic mass is 35.5. The average molecular weight is 393 g/mol. The minimum absolute atomic E-state index is 0.00421. The molecule has 0 radical (unpaired) electrons. The summed E-state index contributed by atoms with van der Waals surface area (Å²) in [5, 5.41) is 0.479. The Balaban J connectivity index is 1.55. The molecule has 0 amide bonds. The van der Waals surface area contributed by atoms with E-state index in [1.165, 1.54) is 0 Å². The topological polar surface area (TPSA) is 59.5 Å². The van der Waals surface area contributed by atoms with Crippen molar-refractivity contribution in [3.63, 3.8) is 0 Å². The van der Waals surface area contributed by atoms with Crippen molar-refractivity contribution in [1.82, 2.24) is 9.29 Å². The highest BCUT2D eigenvalue weighted by Crippen LogP contribution is 2.41. The van der Waals surface area contributed by atoms with E-state index in [0.29, 0.717) is 23.7 Å². The third-order valence-corrected chi connectivity index (χ3v) is 7.67. The molecule has 5 nitrogen and oxygen atoms in total. The van der Waals surface area contributed by atoms with Crippen molar-refractivity contribution in [2.75, 3.05) is 0 Å². The molecule has 0 N–H and O–H groups in total. The Morgan fingerprint density at radius 2 is 1.88 bits per heavy atom. The van der Waals surface area contributed by atoms with Gasteiger partial charge in [0.2, 0.25) is 15.9 Å². The van der Waals surface area contributed by atoms with E-state index in [0.717, 1.165) is 18.4 Å². The zero-order valence-corrected chi connectivity index (χ0v) is 16.1. The van der Waals surface area contributed by atoms with E-state index >= 15 is 0 Å². The number of ether oxygens (including phenoxy) is 1. The van der Waals surface area contributed by atoms with E-state index in [1.54, 1.807) is 28.7 Å². The van der Waals surface area contributed by atoms with Gasteiger partial charge < -0.3 is 4.74 Å². The van der Waals surface area contributed by atoms with E-state index < -0.39 is 10.0 Å². The molecule has 2 atom stereocenters. The summed E-state index contributed by atoms with van der Waals surface area (Å²) in [5.74, 6) is 0.596. The second-order valence-electron chi connectivity index (χ2n) is 7.01. The van der Waals surface area contributed by atoms with Gasteiger partial charge in [-0.05, 0) is 43.5 Å². The summed E-state index contributed by atoms with van der Waals surface area (Å²) >= 11 is 6.15. The van der Waals surface area contributed by atoms with Crippen LogP contribution in [0.2, 0.25) is 5.02 Å². The van der Waals surface area contributed by atoms with Gasteiger partial charge in [0.05, 0.1) is 4.90 Å². The fourth-order valence-corrected chi connectivity index (χ4v) is 6.18. The number of aryl methyl sites for hydroxylation is 1. The van der Waals surface area contributed by atoms with Crippen molar-refractivity contribution in [2.24, 2.45) is 0 Å². The average Bonchev–Trinajstić information content (AvgIpc) is 2.90. The van der Waals surface area contributed by atoms with E-state index in [2.05, 4.69) is 4.98 Å². The molecular weight excluding hydrogens is 372 g/mol. The number of fused-ring (bicyclic) bond motifs is 2. The van der Waals surface area contributed by atoms with Crippen molar-refractivity contribution in [1.29, 1.82) is 0 Å². The quantitative estimate of drug-likeness (QED) is 0.793. The standard InChI is InChI=1S/C19H21ClN2O3S/c1-13-5-8-17(12-18(13)20)26(23,24)22-14-6-7-15(22)11-16(10-14)25-19-4-2-3-9-21-19/h2-5,8-9,12,14-16H,6-7,10-11H2,1H3. The Kier molecular flexibility index (Phi) is 4.67.